The maximum absolute atomic E-state index is 5.55. The zero-order valence-corrected chi connectivity index (χ0v) is 11.0. The molecule has 2 N–H and O–H groups in total. The van der Waals surface area contributed by atoms with Gasteiger partial charge in [-0.1, -0.05) is 53.8 Å². The topological polar surface area (TPSA) is 26.0 Å². The average molecular weight is 247 g/mol. The number of allylic oxidation sites excluding steroid dienone is 4. The van der Waals surface area contributed by atoms with Crippen LogP contribution in [-0.4, -0.2) is 15.7 Å². The molecule has 1 nitrogen and oxygen atoms in total. The minimum atomic E-state index is 0. The Balaban J connectivity index is 0.00000112. The molecule has 0 fully saturated rings. The molecule has 2 rings (SSSR count). The Kier molecular flexibility index (Phi) is 5.26. The number of rotatable bonds is 3. The molecule has 1 aromatic carbocycles. The zero-order chi connectivity index (χ0) is 9.80. The average Bonchev–Trinajstić information content (AvgIpc) is 2.71. The second-order valence-electron chi connectivity index (χ2n) is 3.30. The first-order valence-corrected chi connectivity index (χ1v) is 6.00. The van der Waals surface area contributed by atoms with Crippen molar-refractivity contribution in [2.24, 2.45) is 5.73 Å². The molecule has 0 unspecified atom stereocenters. The van der Waals surface area contributed by atoms with E-state index in [0.29, 0.717) is 5.92 Å². The maximum atomic E-state index is 5.55. The van der Waals surface area contributed by atoms with Crippen molar-refractivity contribution in [1.82, 2.24) is 0 Å². The molecule has 0 amide bonds. The maximum Gasteiger partial charge on any atom is 2.00 e. The minimum absolute atomic E-state index is 0. The normalized spacial score (nSPS) is 14.2. The predicted molar refractivity (Wildman–Crippen MR) is 61.9 cm³/mol. The van der Waals surface area contributed by atoms with Crippen molar-refractivity contribution in [2.75, 3.05) is 6.17 Å². The molecule has 0 bridgehead atoms. The number of benzene rings is 1. The summed E-state index contributed by atoms with van der Waals surface area (Å²) >= 11 is 0. The summed E-state index contributed by atoms with van der Waals surface area (Å²) in [4.78, 5) is 0. The van der Waals surface area contributed by atoms with Crippen LogP contribution in [0.4, 0.5) is 0 Å². The molecule has 1 aliphatic carbocycles. The van der Waals surface area contributed by atoms with Crippen molar-refractivity contribution in [1.29, 1.82) is 0 Å². The van der Waals surface area contributed by atoms with Crippen LogP contribution in [0.3, 0.4) is 0 Å². The van der Waals surface area contributed by atoms with E-state index in [0.717, 1.165) is 15.7 Å². The van der Waals surface area contributed by atoms with E-state index in [1.807, 2.05) is 0 Å². The van der Waals surface area contributed by atoms with Gasteiger partial charge in [-0.15, -0.1) is 0 Å². The second-order valence-corrected chi connectivity index (χ2v) is 4.64. The van der Waals surface area contributed by atoms with Crippen molar-refractivity contribution in [3.05, 3.63) is 54.1 Å². The first kappa shape index (κ1) is 12.7. The van der Waals surface area contributed by atoms with E-state index in [1.165, 1.54) is 10.8 Å². The fourth-order valence-corrected chi connectivity index (χ4v) is 2.35. The molecule has 15 heavy (non-hydrogen) atoms. The molecule has 0 aromatic heterocycles. The third kappa shape index (κ3) is 3.28. The van der Waals surface area contributed by atoms with Crippen molar-refractivity contribution in [3.8, 4) is 0 Å². The Bertz CT molecular complexity index is 362. The summed E-state index contributed by atoms with van der Waals surface area (Å²) in [5.41, 5.74) is 6.92. The van der Waals surface area contributed by atoms with E-state index in [4.69, 9.17) is 5.73 Å². The van der Waals surface area contributed by atoms with Crippen LogP contribution in [-0.2, 0) is 21.7 Å². The number of nitrogens with two attached hydrogens (primary N) is 1. The van der Waals surface area contributed by atoms with Crippen LogP contribution in [0.2, 0.25) is 0 Å². The Hall–Kier alpha value is -0.409. The Morgan fingerprint density at radius 3 is 2.60 bits per heavy atom. The number of hydrogen-bond donors (Lipinski definition) is 1. The molecule has 0 heterocycles. The van der Waals surface area contributed by atoms with Crippen LogP contribution in [0, 0.1) is 0 Å². The fraction of sp³-hybridized carbons (Fsp3) is 0.167. The van der Waals surface area contributed by atoms with E-state index in [-0.39, 0.29) is 21.7 Å². The molecule has 0 spiro atoms. The summed E-state index contributed by atoms with van der Waals surface area (Å²) in [6.45, 7) is 0. The first-order chi connectivity index (χ1) is 6.90. The zero-order valence-electron chi connectivity index (χ0n) is 8.48. The molecule has 72 valence electrons. The molecule has 0 saturated carbocycles. The standard InChI is InChI=1S/C12H13NSi.Ti/c13-9-14-12-7-3-6-11(8-12)10-4-1-2-5-10;/h1-8,10H,9,13H2;/q;+2. The van der Waals surface area contributed by atoms with Gasteiger partial charge in [0.2, 0.25) is 0 Å². The molecule has 0 atom stereocenters. The van der Waals surface area contributed by atoms with E-state index < -0.39 is 0 Å². The SMILES string of the molecule is NC[Si]c1cccc(C2C=CC=C2)c1.[Ti+2]. The summed E-state index contributed by atoms with van der Waals surface area (Å²) in [5, 5.41) is 1.36. The third-order valence-corrected chi connectivity index (χ3v) is 3.25. The van der Waals surface area contributed by atoms with Gasteiger partial charge in [0.25, 0.3) is 0 Å². The summed E-state index contributed by atoms with van der Waals surface area (Å²) in [6, 6.07) is 8.70. The summed E-state index contributed by atoms with van der Waals surface area (Å²) in [6.07, 6.45) is 9.38. The van der Waals surface area contributed by atoms with Gasteiger partial charge >= 0.3 is 21.7 Å². The van der Waals surface area contributed by atoms with Crippen LogP contribution < -0.4 is 10.9 Å². The molecule has 1 aliphatic rings. The molecular formula is C12H13NSiTi+2. The summed E-state index contributed by atoms with van der Waals surface area (Å²) < 4.78 is 0. The van der Waals surface area contributed by atoms with Crippen molar-refractivity contribution in [2.45, 2.75) is 5.92 Å². The Labute approximate surface area is 108 Å². The van der Waals surface area contributed by atoms with Gasteiger partial charge in [0.05, 0.1) is 9.52 Å². The third-order valence-electron chi connectivity index (χ3n) is 2.33. The van der Waals surface area contributed by atoms with Crippen LogP contribution in [0.5, 0.6) is 0 Å². The van der Waals surface area contributed by atoms with Gasteiger partial charge in [0.1, 0.15) is 0 Å². The monoisotopic (exact) mass is 247 g/mol. The minimum Gasteiger partial charge on any atom is -0.333 e. The van der Waals surface area contributed by atoms with E-state index in [9.17, 15) is 0 Å². The summed E-state index contributed by atoms with van der Waals surface area (Å²) in [7, 11) is 0.729. The van der Waals surface area contributed by atoms with Gasteiger partial charge in [-0.3, -0.25) is 0 Å². The van der Waals surface area contributed by atoms with Gasteiger partial charge in [0.15, 0.2) is 0 Å². The fourth-order valence-electron chi connectivity index (χ4n) is 1.63. The van der Waals surface area contributed by atoms with Crippen molar-refractivity contribution < 1.29 is 21.7 Å². The largest absolute Gasteiger partial charge is 2.00 e. The van der Waals surface area contributed by atoms with Crippen LogP contribution >= 0.6 is 0 Å². The molecule has 1 aromatic rings. The summed E-state index contributed by atoms with van der Waals surface area (Å²) in [5.74, 6) is 0.470. The van der Waals surface area contributed by atoms with E-state index >= 15 is 0 Å². The van der Waals surface area contributed by atoms with E-state index in [1.54, 1.807) is 0 Å². The number of hydrogen-bond acceptors (Lipinski definition) is 1. The van der Waals surface area contributed by atoms with E-state index in [2.05, 4.69) is 48.6 Å². The smallest absolute Gasteiger partial charge is 0.333 e. The predicted octanol–water partition coefficient (Wildman–Crippen LogP) is 1.14. The van der Waals surface area contributed by atoms with Gasteiger partial charge in [-0.05, 0) is 11.7 Å². The van der Waals surface area contributed by atoms with Gasteiger partial charge < -0.3 is 5.73 Å². The van der Waals surface area contributed by atoms with Crippen LogP contribution in [0.15, 0.2) is 48.6 Å². The van der Waals surface area contributed by atoms with Crippen LogP contribution in [0.1, 0.15) is 11.5 Å². The molecule has 0 saturated heterocycles. The Morgan fingerprint density at radius 2 is 1.93 bits per heavy atom. The quantitative estimate of drug-likeness (QED) is 0.796. The Morgan fingerprint density at radius 1 is 1.20 bits per heavy atom. The molecular weight excluding hydrogens is 234 g/mol. The van der Waals surface area contributed by atoms with Gasteiger partial charge in [0, 0.05) is 5.92 Å². The van der Waals surface area contributed by atoms with Crippen molar-refractivity contribution in [3.63, 3.8) is 0 Å². The molecule has 2 radical (unpaired) electrons. The van der Waals surface area contributed by atoms with Gasteiger partial charge in [-0.25, -0.2) is 0 Å². The second kappa shape index (κ2) is 6.23. The first-order valence-electron chi connectivity index (χ1n) is 4.79. The molecule has 0 aliphatic heterocycles. The van der Waals surface area contributed by atoms with Crippen LogP contribution in [0.25, 0.3) is 0 Å². The van der Waals surface area contributed by atoms with Gasteiger partial charge in [-0.2, -0.15) is 0 Å². The van der Waals surface area contributed by atoms with Crippen molar-refractivity contribution >= 4 is 14.7 Å². The molecule has 3 heteroatoms.